The predicted molar refractivity (Wildman–Crippen MR) is 58.3 cm³/mol. The molecular weight excluding hydrogens is 251 g/mol. The molecule has 0 radical (unpaired) electrons. The lowest BCUT2D eigenvalue weighted by molar-refractivity contribution is -0.386. The zero-order chi connectivity index (χ0) is 13.9. The van der Waals surface area contributed by atoms with E-state index in [1.54, 1.807) is 13.8 Å². The van der Waals surface area contributed by atoms with Gasteiger partial charge in [0.1, 0.15) is 6.61 Å². The van der Waals surface area contributed by atoms with Crippen LogP contribution in [0.1, 0.15) is 16.7 Å². The Hall–Kier alpha value is -1.63. The van der Waals surface area contributed by atoms with Gasteiger partial charge >= 0.3 is 6.18 Å². The summed E-state index contributed by atoms with van der Waals surface area (Å²) in [5.41, 5.74) is 1.40. The normalized spacial score (nSPS) is 11.6. The van der Waals surface area contributed by atoms with E-state index in [0.717, 1.165) is 5.56 Å². The number of rotatable bonds is 4. The van der Waals surface area contributed by atoms with Crippen molar-refractivity contribution >= 4 is 5.69 Å². The zero-order valence-electron chi connectivity index (χ0n) is 9.87. The molecule has 1 rings (SSSR count). The molecule has 0 spiro atoms. The van der Waals surface area contributed by atoms with Gasteiger partial charge in [-0.25, -0.2) is 0 Å². The van der Waals surface area contributed by atoms with Gasteiger partial charge in [-0.2, -0.15) is 13.2 Å². The first-order valence-corrected chi connectivity index (χ1v) is 5.09. The highest BCUT2D eigenvalue weighted by molar-refractivity contribution is 5.46. The molecule has 0 atom stereocenters. The minimum absolute atomic E-state index is 0.146. The van der Waals surface area contributed by atoms with Crippen LogP contribution < -0.4 is 0 Å². The van der Waals surface area contributed by atoms with Gasteiger partial charge in [-0.3, -0.25) is 10.1 Å². The Kier molecular flexibility index (Phi) is 4.28. The van der Waals surface area contributed by atoms with Crippen LogP contribution in [-0.2, 0) is 11.3 Å². The van der Waals surface area contributed by atoms with E-state index in [4.69, 9.17) is 0 Å². The van der Waals surface area contributed by atoms with Crippen LogP contribution in [-0.4, -0.2) is 17.7 Å². The van der Waals surface area contributed by atoms with E-state index in [9.17, 15) is 23.3 Å². The topological polar surface area (TPSA) is 52.4 Å². The van der Waals surface area contributed by atoms with Gasteiger partial charge in [-0.1, -0.05) is 0 Å². The molecule has 0 amide bonds. The standard InChI is InChI=1S/C11H12F3NO3/c1-7-3-9(5-18-6-11(12,13)14)10(15(16)17)4-8(7)2/h3-4H,5-6H2,1-2H3. The highest BCUT2D eigenvalue weighted by Crippen LogP contribution is 2.24. The van der Waals surface area contributed by atoms with Crippen LogP contribution in [0.15, 0.2) is 12.1 Å². The molecule has 0 aliphatic heterocycles. The van der Waals surface area contributed by atoms with Gasteiger partial charge in [0.05, 0.1) is 17.1 Å². The number of hydrogen-bond acceptors (Lipinski definition) is 3. The van der Waals surface area contributed by atoms with E-state index in [2.05, 4.69) is 4.74 Å². The smallest absolute Gasteiger partial charge is 0.367 e. The van der Waals surface area contributed by atoms with Gasteiger partial charge in [0.15, 0.2) is 0 Å². The second-order valence-corrected chi connectivity index (χ2v) is 3.93. The number of hydrogen-bond donors (Lipinski definition) is 0. The molecule has 1 aromatic carbocycles. The molecule has 100 valence electrons. The lowest BCUT2D eigenvalue weighted by Gasteiger charge is -2.09. The van der Waals surface area contributed by atoms with Gasteiger partial charge in [0.25, 0.3) is 5.69 Å². The molecule has 0 heterocycles. The van der Waals surface area contributed by atoms with Crippen molar-refractivity contribution in [3.05, 3.63) is 38.9 Å². The lowest BCUT2D eigenvalue weighted by Crippen LogP contribution is -2.17. The fraction of sp³-hybridized carbons (Fsp3) is 0.455. The fourth-order valence-corrected chi connectivity index (χ4v) is 1.42. The van der Waals surface area contributed by atoms with Crippen LogP contribution in [0.4, 0.5) is 18.9 Å². The fourth-order valence-electron chi connectivity index (χ4n) is 1.42. The number of ether oxygens (including phenoxy) is 1. The minimum Gasteiger partial charge on any atom is -0.367 e. The largest absolute Gasteiger partial charge is 0.411 e. The Morgan fingerprint density at radius 1 is 1.28 bits per heavy atom. The predicted octanol–water partition coefficient (Wildman–Crippen LogP) is 3.29. The lowest BCUT2D eigenvalue weighted by atomic mass is 10.0. The molecule has 7 heteroatoms. The first-order valence-electron chi connectivity index (χ1n) is 5.09. The summed E-state index contributed by atoms with van der Waals surface area (Å²) >= 11 is 0. The van der Waals surface area contributed by atoms with Crippen molar-refractivity contribution in [2.45, 2.75) is 26.6 Å². The highest BCUT2D eigenvalue weighted by atomic mass is 19.4. The third kappa shape index (κ3) is 3.99. The first kappa shape index (κ1) is 14.4. The van der Waals surface area contributed by atoms with E-state index in [0.29, 0.717) is 5.56 Å². The molecule has 0 bridgehead atoms. The monoisotopic (exact) mass is 263 g/mol. The van der Waals surface area contributed by atoms with E-state index in [1.165, 1.54) is 12.1 Å². The summed E-state index contributed by atoms with van der Waals surface area (Å²) in [7, 11) is 0. The highest BCUT2D eigenvalue weighted by Gasteiger charge is 2.28. The number of halogens is 3. The third-order valence-electron chi connectivity index (χ3n) is 2.41. The average molecular weight is 263 g/mol. The molecule has 0 saturated carbocycles. The van der Waals surface area contributed by atoms with Gasteiger partial charge in [-0.15, -0.1) is 0 Å². The SMILES string of the molecule is Cc1cc(COCC(F)(F)F)c([N+](=O)[O-])cc1C. The molecule has 0 aliphatic rings. The molecule has 4 nitrogen and oxygen atoms in total. The summed E-state index contributed by atoms with van der Waals surface area (Å²) in [5.74, 6) is 0. The third-order valence-corrected chi connectivity index (χ3v) is 2.41. The van der Waals surface area contributed by atoms with Crippen molar-refractivity contribution in [3.8, 4) is 0 Å². The van der Waals surface area contributed by atoms with Crippen molar-refractivity contribution in [3.63, 3.8) is 0 Å². The number of aryl methyl sites for hydroxylation is 2. The van der Waals surface area contributed by atoms with Gasteiger partial charge < -0.3 is 4.74 Å². The van der Waals surface area contributed by atoms with Crippen LogP contribution in [0, 0.1) is 24.0 Å². The van der Waals surface area contributed by atoms with Crippen LogP contribution in [0.3, 0.4) is 0 Å². The van der Waals surface area contributed by atoms with Crippen LogP contribution in [0.25, 0.3) is 0 Å². The van der Waals surface area contributed by atoms with Crippen molar-refractivity contribution < 1.29 is 22.8 Å². The van der Waals surface area contributed by atoms with Crippen molar-refractivity contribution in [1.82, 2.24) is 0 Å². The van der Waals surface area contributed by atoms with E-state index in [1.807, 2.05) is 0 Å². The number of nitrogens with zero attached hydrogens (tertiary/aromatic N) is 1. The van der Waals surface area contributed by atoms with Gasteiger partial charge in [0.2, 0.25) is 0 Å². The Bertz CT molecular complexity index is 458. The summed E-state index contributed by atoms with van der Waals surface area (Å²) in [6.45, 7) is 1.57. The molecule has 0 saturated heterocycles. The Balaban J connectivity index is 2.87. The second kappa shape index (κ2) is 5.34. The van der Waals surface area contributed by atoms with Gasteiger partial charge in [-0.05, 0) is 31.0 Å². The summed E-state index contributed by atoms with van der Waals surface area (Å²) in [6, 6.07) is 2.81. The van der Waals surface area contributed by atoms with Crippen molar-refractivity contribution in [1.29, 1.82) is 0 Å². The summed E-state index contributed by atoms with van der Waals surface area (Å²) in [5, 5.41) is 10.8. The summed E-state index contributed by atoms with van der Waals surface area (Å²) in [6.07, 6.45) is -4.44. The maximum atomic E-state index is 11.9. The van der Waals surface area contributed by atoms with Crippen molar-refractivity contribution in [2.75, 3.05) is 6.61 Å². The Labute approximate surface area is 102 Å². The Morgan fingerprint density at radius 2 is 1.83 bits per heavy atom. The van der Waals surface area contributed by atoms with Gasteiger partial charge in [0, 0.05) is 6.07 Å². The van der Waals surface area contributed by atoms with Crippen molar-refractivity contribution in [2.24, 2.45) is 0 Å². The molecule has 0 aromatic heterocycles. The summed E-state index contributed by atoms with van der Waals surface area (Å²) in [4.78, 5) is 10.1. The average Bonchev–Trinajstić information content (AvgIpc) is 2.20. The second-order valence-electron chi connectivity index (χ2n) is 3.93. The van der Waals surface area contributed by atoms with E-state index in [-0.39, 0.29) is 11.3 Å². The molecule has 0 aliphatic carbocycles. The van der Waals surface area contributed by atoms with Crippen LogP contribution in [0.2, 0.25) is 0 Å². The maximum absolute atomic E-state index is 11.9. The first-order chi connectivity index (χ1) is 8.20. The molecular formula is C11H12F3NO3. The maximum Gasteiger partial charge on any atom is 0.411 e. The molecule has 0 N–H and O–H groups in total. The molecule has 1 aromatic rings. The molecule has 0 unspecified atom stereocenters. The van der Waals surface area contributed by atoms with Crippen LogP contribution in [0.5, 0.6) is 0 Å². The molecule has 18 heavy (non-hydrogen) atoms. The number of benzene rings is 1. The quantitative estimate of drug-likeness (QED) is 0.618. The Morgan fingerprint density at radius 3 is 2.33 bits per heavy atom. The zero-order valence-corrected chi connectivity index (χ0v) is 9.87. The molecule has 0 fully saturated rings. The van der Waals surface area contributed by atoms with E-state index < -0.39 is 24.3 Å². The number of alkyl halides is 3. The minimum atomic E-state index is -4.44. The summed E-state index contributed by atoms with van der Waals surface area (Å²) < 4.78 is 40.1. The van der Waals surface area contributed by atoms with E-state index >= 15 is 0 Å². The number of nitro groups is 1. The number of nitro benzene ring substituents is 1. The van der Waals surface area contributed by atoms with Crippen LogP contribution >= 0.6 is 0 Å².